The van der Waals surface area contributed by atoms with Crippen LogP contribution in [-0.4, -0.2) is 59.7 Å². The number of methoxy groups -OCH3 is 2. The number of nitrogens with zero attached hydrogens (tertiary/aromatic N) is 3. The van der Waals surface area contributed by atoms with Gasteiger partial charge < -0.3 is 24.6 Å². The molecule has 2 N–H and O–H groups in total. The summed E-state index contributed by atoms with van der Waals surface area (Å²) in [6.45, 7) is 9.71. The summed E-state index contributed by atoms with van der Waals surface area (Å²) in [4.78, 5) is 27.1. The highest BCUT2D eigenvalue weighted by molar-refractivity contribution is 6.04. The number of nitriles is 1. The predicted octanol–water partition coefficient (Wildman–Crippen LogP) is 19.8. The van der Waals surface area contributed by atoms with Crippen LogP contribution in [0.5, 0.6) is 11.5 Å². The number of allylic oxidation sites excluding steroid dienone is 6. The molecular formula is C70H110N3O6+. The van der Waals surface area contributed by atoms with Crippen LogP contribution in [0.2, 0.25) is 0 Å². The first kappa shape index (κ1) is 66.7. The van der Waals surface area contributed by atoms with Gasteiger partial charge in [0.15, 0.2) is 12.3 Å². The summed E-state index contributed by atoms with van der Waals surface area (Å²) in [5.41, 5.74) is 6.31. The lowest BCUT2D eigenvalue weighted by molar-refractivity contribution is -0.436. The number of ether oxygens (including phenoxy) is 2. The van der Waals surface area contributed by atoms with Crippen LogP contribution in [-0.2, 0) is 20.4 Å². The Kier molecular flexibility index (Phi) is 32.7. The summed E-state index contributed by atoms with van der Waals surface area (Å²) in [5, 5.41) is 31.6. The Balaban J connectivity index is 1.88. The molecule has 9 nitrogen and oxygen atoms in total. The molecular weight excluding hydrogens is 979 g/mol. The van der Waals surface area contributed by atoms with E-state index in [-0.39, 0.29) is 12.8 Å². The summed E-state index contributed by atoms with van der Waals surface area (Å²) >= 11 is 0. The average molecular weight is 1090 g/mol. The van der Waals surface area contributed by atoms with E-state index in [1.165, 1.54) is 165 Å². The van der Waals surface area contributed by atoms with Crippen LogP contribution in [0.15, 0.2) is 72.0 Å². The van der Waals surface area contributed by atoms with Crippen molar-refractivity contribution >= 4 is 29.0 Å². The fourth-order valence-corrected chi connectivity index (χ4v) is 13.0. The third-order valence-electron chi connectivity index (χ3n) is 17.5. The first-order valence-electron chi connectivity index (χ1n) is 32.3. The third-order valence-corrected chi connectivity index (χ3v) is 17.5. The quantitative estimate of drug-likeness (QED) is 0.0291. The van der Waals surface area contributed by atoms with Crippen molar-refractivity contribution in [3.8, 4) is 17.6 Å². The molecule has 4 rings (SSSR count). The minimum atomic E-state index is -0.837. The Bertz CT molecular complexity index is 2210. The zero-order valence-corrected chi connectivity index (χ0v) is 50.9. The van der Waals surface area contributed by atoms with Crippen LogP contribution in [0.3, 0.4) is 0 Å². The first-order chi connectivity index (χ1) is 38.6. The fraction of sp³-hybridized carbons (Fsp3) is 0.686. The fourth-order valence-electron chi connectivity index (χ4n) is 13.0. The van der Waals surface area contributed by atoms with Crippen molar-refractivity contribution in [1.82, 2.24) is 0 Å². The molecule has 0 unspecified atom stereocenters. The van der Waals surface area contributed by atoms with E-state index in [0.29, 0.717) is 18.7 Å². The summed E-state index contributed by atoms with van der Waals surface area (Å²) in [5.74, 6) is -0.0759. The van der Waals surface area contributed by atoms with E-state index in [1.54, 1.807) is 14.2 Å². The van der Waals surface area contributed by atoms with Gasteiger partial charge in [0, 0.05) is 41.1 Å². The number of benzene rings is 2. The number of carbonyl (C=O) groups is 2. The van der Waals surface area contributed by atoms with Gasteiger partial charge in [0.2, 0.25) is 5.69 Å². The van der Waals surface area contributed by atoms with Gasteiger partial charge in [0.05, 0.1) is 37.7 Å². The van der Waals surface area contributed by atoms with E-state index in [9.17, 15) is 25.1 Å². The Labute approximate surface area is 481 Å². The number of hydrogen-bond donors (Lipinski definition) is 2. The van der Waals surface area contributed by atoms with E-state index < -0.39 is 22.8 Å². The molecule has 79 heavy (non-hydrogen) atoms. The highest BCUT2D eigenvalue weighted by Gasteiger charge is 2.51. The molecule has 0 amide bonds. The highest BCUT2D eigenvalue weighted by atomic mass is 16.5. The molecule has 2 aliphatic heterocycles. The normalized spacial score (nSPS) is 15.1. The smallest absolute Gasteiger partial charge is 0.309 e. The third kappa shape index (κ3) is 21.5. The van der Waals surface area contributed by atoms with Gasteiger partial charge in [-0.2, -0.15) is 9.84 Å². The lowest BCUT2D eigenvalue weighted by atomic mass is 9.69. The van der Waals surface area contributed by atoms with Crippen molar-refractivity contribution in [3.63, 3.8) is 0 Å². The van der Waals surface area contributed by atoms with Gasteiger partial charge in [-0.05, 0) is 79.8 Å². The zero-order chi connectivity index (χ0) is 57.0. The maximum atomic E-state index is 12.4. The topological polar surface area (TPSA) is 123 Å². The monoisotopic (exact) mass is 1090 g/mol. The van der Waals surface area contributed by atoms with E-state index in [2.05, 4.69) is 79.7 Å². The second kappa shape index (κ2) is 38.7. The van der Waals surface area contributed by atoms with Gasteiger partial charge >= 0.3 is 11.9 Å². The maximum Gasteiger partial charge on any atom is 0.309 e. The van der Waals surface area contributed by atoms with Crippen molar-refractivity contribution in [2.75, 3.05) is 32.2 Å². The van der Waals surface area contributed by atoms with Crippen LogP contribution >= 0.6 is 0 Å². The molecule has 2 heterocycles. The van der Waals surface area contributed by atoms with Crippen molar-refractivity contribution in [3.05, 3.63) is 83.1 Å². The van der Waals surface area contributed by atoms with Gasteiger partial charge in [-0.3, -0.25) is 9.59 Å². The SMILES string of the molecule is CCCCCCCCCCC1(CCCCCCCCCC)C(/C=C/C(C#N)=C/C=C2/N(CCC(=O)O)c3ccc(OC)cc3C2(CCCCCCCCCC)CCCCCCCCCC)=[N+](CCC(=O)O)c2ccc(OC)cc21. The van der Waals surface area contributed by atoms with Crippen LogP contribution < -0.4 is 14.4 Å². The molecule has 0 aliphatic carbocycles. The standard InChI is InChI=1S/C70H109N3O6/c1-7-11-15-19-23-27-31-35-49-69(50-36-32-28-24-20-16-12-8-2)61-55-59(78-5)41-43-63(61)72(53-47-67(74)75)65(69)45-39-58(57-71)40-46-66-70(51-37-33-29-25-21-17-13-9-3,52-38-34-30-26-22-18-14-10-4)62-56-60(79-6)42-44-64(62)73(66)54-48-68(76)77/h39-46,55-56H,7-38,47-54H2,1-6H3,(H-,74,75,76,77)/p+1. The number of aliphatic carboxylic acids is 2. The molecule has 2 aliphatic rings. The minimum Gasteiger partial charge on any atom is -0.497 e. The van der Waals surface area contributed by atoms with Crippen LogP contribution in [0, 0.1) is 11.3 Å². The number of unbranched alkanes of at least 4 members (excludes halogenated alkanes) is 28. The van der Waals surface area contributed by atoms with Crippen LogP contribution in [0.4, 0.5) is 11.4 Å². The number of carboxylic acids is 2. The molecule has 0 saturated carbocycles. The van der Waals surface area contributed by atoms with Crippen molar-refractivity contribution < 1.29 is 33.9 Å². The van der Waals surface area contributed by atoms with Crippen molar-refractivity contribution in [2.45, 2.75) is 283 Å². The second-order valence-electron chi connectivity index (χ2n) is 23.4. The lowest BCUT2D eigenvalue weighted by Gasteiger charge is -2.34. The molecule has 0 atom stereocenters. The number of rotatable bonds is 47. The largest absolute Gasteiger partial charge is 0.497 e. The highest BCUT2D eigenvalue weighted by Crippen LogP contribution is 2.55. The molecule has 0 spiro atoms. The molecule has 0 radical (unpaired) electrons. The summed E-state index contributed by atoms with van der Waals surface area (Å²) < 4.78 is 14.1. The first-order valence-corrected chi connectivity index (χ1v) is 32.3. The van der Waals surface area contributed by atoms with Crippen molar-refractivity contribution in [2.24, 2.45) is 0 Å². The number of fused-ring (bicyclic) bond motifs is 2. The Morgan fingerprint density at radius 1 is 0.557 bits per heavy atom. The molecule has 0 bridgehead atoms. The number of anilines is 1. The van der Waals surface area contributed by atoms with Gasteiger partial charge in [-0.1, -0.05) is 233 Å². The molecule has 2 aromatic rings. The van der Waals surface area contributed by atoms with E-state index in [0.717, 1.165) is 111 Å². The van der Waals surface area contributed by atoms with Crippen molar-refractivity contribution in [1.29, 1.82) is 5.26 Å². The zero-order valence-electron chi connectivity index (χ0n) is 50.9. The Morgan fingerprint density at radius 3 is 1.38 bits per heavy atom. The maximum absolute atomic E-state index is 12.4. The molecule has 2 aromatic carbocycles. The molecule has 0 saturated heterocycles. The second-order valence-corrected chi connectivity index (χ2v) is 23.4. The number of carboxylic acid groups (broad SMARTS) is 2. The van der Waals surface area contributed by atoms with Crippen LogP contribution in [0.25, 0.3) is 0 Å². The number of hydrogen-bond acceptors (Lipinski definition) is 6. The lowest BCUT2D eigenvalue weighted by Crippen LogP contribution is -2.35. The summed E-state index contributed by atoms with van der Waals surface area (Å²) in [6.07, 6.45) is 50.9. The molecule has 440 valence electrons. The van der Waals surface area contributed by atoms with Gasteiger partial charge in [-0.25, -0.2) is 0 Å². The van der Waals surface area contributed by atoms with E-state index >= 15 is 0 Å². The van der Waals surface area contributed by atoms with Gasteiger partial charge in [0.25, 0.3) is 0 Å². The molecule has 0 aromatic heterocycles. The predicted molar refractivity (Wildman–Crippen MR) is 331 cm³/mol. The Morgan fingerprint density at radius 2 is 0.962 bits per heavy atom. The van der Waals surface area contributed by atoms with Crippen LogP contribution in [0.1, 0.15) is 283 Å². The summed E-state index contributed by atoms with van der Waals surface area (Å²) in [6, 6.07) is 15.3. The van der Waals surface area contributed by atoms with E-state index in [1.807, 2.05) is 24.3 Å². The van der Waals surface area contributed by atoms with E-state index in [4.69, 9.17) is 9.47 Å². The molecule has 0 fully saturated rings. The minimum absolute atomic E-state index is 0.0151. The van der Waals surface area contributed by atoms with Gasteiger partial charge in [-0.15, -0.1) is 0 Å². The van der Waals surface area contributed by atoms with Gasteiger partial charge in [0.1, 0.15) is 17.9 Å². The summed E-state index contributed by atoms with van der Waals surface area (Å²) in [7, 11) is 3.45. The average Bonchev–Trinajstić information content (AvgIpc) is 3.97. The molecule has 9 heteroatoms. The Hall–Kier alpha value is -4.84.